The zero-order valence-electron chi connectivity index (χ0n) is 13.7. The summed E-state index contributed by atoms with van der Waals surface area (Å²) < 4.78 is 71.8. The first-order chi connectivity index (χ1) is 12.1. The van der Waals surface area contributed by atoms with Gasteiger partial charge in [-0.3, -0.25) is 4.28 Å². The van der Waals surface area contributed by atoms with Crippen LogP contribution in [0.5, 0.6) is 0 Å². The van der Waals surface area contributed by atoms with Crippen molar-refractivity contribution in [2.45, 2.75) is 24.4 Å². The third-order valence-electron chi connectivity index (χ3n) is 3.16. The fourth-order valence-corrected chi connectivity index (χ4v) is 3.21. The van der Waals surface area contributed by atoms with Crippen LogP contribution in [0.4, 0.5) is 13.2 Å². The smallest absolute Gasteiger partial charge is 0.422 e. The van der Waals surface area contributed by atoms with Gasteiger partial charge in [-0.15, -0.1) is 11.8 Å². The van der Waals surface area contributed by atoms with Gasteiger partial charge in [0.25, 0.3) is 0 Å². The van der Waals surface area contributed by atoms with Crippen LogP contribution < -0.4 is 5.63 Å². The van der Waals surface area contributed by atoms with Crippen LogP contribution in [0.1, 0.15) is 18.9 Å². The molecule has 0 saturated heterocycles. The monoisotopic (exact) mass is 409 g/mol. The van der Waals surface area contributed by atoms with Gasteiger partial charge in [-0.2, -0.15) is 21.6 Å². The van der Waals surface area contributed by atoms with E-state index in [1.807, 2.05) is 0 Å². The number of thioether (sulfide) groups is 1. The zero-order valence-corrected chi connectivity index (χ0v) is 15.3. The molecule has 0 unspecified atom stereocenters. The lowest BCUT2D eigenvalue weighted by molar-refractivity contribution is -0.0598. The van der Waals surface area contributed by atoms with Gasteiger partial charge < -0.3 is 4.42 Å². The highest BCUT2D eigenvalue weighted by Crippen LogP contribution is 2.26. The maximum Gasteiger partial charge on any atom is 0.437 e. The van der Waals surface area contributed by atoms with E-state index in [4.69, 9.17) is 4.42 Å². The number of nitrogens with zero attached hydrogens (tertiary/aromatic N) is 1. The van der Waals surface area contributed by atoms with E-state index < -0.39 is 38.9 Å². The number of hydrogen-bond acceptors (Lipinski definition) is 7. The molecule has 1 heterocycles. The Morgan fingerprint density at radius 3 is 2.58 bits per heavy atom. The normalized spacial score (nSPS) is 13.2. The van der Waals surface area contributed by atoms with Gasteiger partial charge in [0.05, 0.1) is 11.3 Å². The predicted molar refractivity (Wildman–Crippen MR) is 92.0 cm³/mol. The molecule has 6 nitrogen and oxygen atoms in total. The van der Waals surface area contributed by atoms with Crippen LogP contribution in [0.3, 0.4) is 0 Å². The molecule has 0 atom stereocenters. The standard InChI is InChI=1S/C15H14F3NO5S2/c1-3-6-26(21,22)24-19-13(15(16,17)18)11-7-9-4-5-10(25-2)8-12(9)23-14(11)20/h4-5,7-8H,3,6H2,1-2H3/b19-13+. The molecule has 2 aromatic rings. The van der Waals surface area contributed by atoms with E-state index in [0.717, 1.165) is 11.0 Å². The largest absolute Gasteiger partial charge is 0.437 e. The number of rotatable bonds is 6. The van der Waals surface area contributed by atoms with Crippen molar-refractivity contribution in [2.24, 2.45) is 5.16 Å². The lowest BCUT2D eigenvalue weighted by Crippen LogP contribution is -2.30. The molecule has 1 aromatic heterocycles. The Morgan fingerprint density at radius 2 is 2.00 bits per heavy atom. The molecular weight excluding hydrogens is 395 g/mol. The van der Waals surface area contributed by atoms with Crippen molar-refractivity contribution in [3.8, 4) is 0 Å². The van der Waals surface area contributed by atoms with Gasteiger partial charge in [-0.25, -0.2) is 4.79 Å². The van der Waals surface area contributed by atoms with Crippen LogP contribution in [0.2, 0.25) is 0 Å². The molecule has 0 radical (unpaired) electrons. The molecule has 2 rings (SSSR count). The lowest BCUT2D eigenvalue weighted by Gasteiger charge is -2.10. The first kappa shape index (κ1) is 20.3. The fourth-order valence-electron chi connectivity index (χ4n) is 2.02. The Labute approximate surface area is 151 Å². The fraction of sp³-hybridized carbons (Fsp3) is 0.333. The molecule has 142 valence electrons. The summed E-state index contributed by atoms with van der Waals surface area (Å²) in [5.74, 6) is -0.509. The number of alkyl halides is 3. The summed E-state index contributed by atoms with van der Waals surface area (Å²) >= 11 is 1.37. The maximum atomic E-state index is 13.3. The molecule has 0 saturated carbocycles. The zero-order chi connectivity index (χ0) is 19.5. The van der Waals surface area contributed by atoms with E-state index in [-0.39, 0.29) is 17.4 Å². The second kappa shape index (κ2) is 7.70. The van der Waals surface area contributed by atoms with Gasteiger partial charge >= 0.3 is 21.9 Å². The molecule has 0 bridgehead atoms. The van der Waals surface area contributed by atoms with Gasteiger partial charge in [0, 0.05) is 10.3 Å². The Morgan fingerprint density at radius 1 is 1.31 bits per heavy atom. The van der Waals surface area contributed by atoms with Crippen molar-refractivity contribution in [3.05, 3.63) is 40.2 Å². The maximum absolute atomic E-state index is 13.3. The van der Waals surface area contributed by atoms with Gasteiger partial charge in [0.1, 0.15) is 5.58 Å². The Bertz CT molecular complexity index is 996. The number of fused-ring (bicyclic) bond motifs is 1. The highest BCUT2D eigenvalue weighted by molar-refractivity contribution is 7.98. The van der Waals surface area contributed by atoms with Crippen molar-refractivity contribution in [3.63, 3.8) is 0 Å². The minimum Gasteiger partial charge on any atom is -0.422 e. The molecule has 11 heteroatoms. The third-order valence-corrected chi connectivity index (χ3v) is 5.10. The van der Waals surface area contributed by atoms with Crippen LogP contribution in [-0.4, -0.2) is 32.3 Å². The van der Waals surface area contributed by atoms with Crippen LogP contribution in [-0.2, 0) is 14.4 Å². The van der Waals surface area contributed by atoms with Crippen molar-refractivity contribution >= 4 is 38.6 Å². The number of oxime groups is 1. The number of halogens is 3. The minimum absolute atomic E-state index is 0.103. The van der Waals surface area contributed by atoms with Crippen LogP contribution in [0.15, 0.2) is 43.5 Å². The van der Waals surface area contributed by atoms with Gasteiger partial charge in [-0.1, -0.05) is 18.1 Å². The molecule has 0 amide bonds. The van der Waals surface area contributed by atoms with E-state index in [1.165, 1.54) is 30.8 Å². The molecular formula is C15H14F3NO5S2. The molecule has 1 aromatic carbocycles. The highest BCUT2D eigenvalue weighted by atomic mass is 32.2. The van der Waals surface area contributed by atoms with E-state index in [0.29, 0.717) is 0 Å². The average molecular weight is 409 g/mol. The molecule has 0 fully saturated rings. The average Bonchev–Trinajstić information content (AvgIpc) is 2.53. The quantitative estimate of drug-likeness (QED) is 0.314. The summed E-state index contributed by atoms with van der Waals surface area (Å²) in [6.45, 7) is 1.51. The third kappa shape index (κ3) is 4.79. The molecule has 26 heavy (non-hydrogen) atoms. The summed E-state index contributed by atoms with van der Waals surface area (Å²) in [7, 11) is -4.28. The van der Waals surface area contributed by atoms with Crippen molar-refractivity contribution in [2.75, 3.05) is 12.0 Å². The second-order valence-corrected chi connectivity index (χ2v) is 7.68. The molecule has 0 aliphatic rings. The summed E-state index contributed by atoms with van der Waals surface area (Å²) in [5, 5.41) is 2.92. The number of benzene rings is 1. The summed E-state index contributed by atoms with van der Waals surface area (Å²) in [4.78, 5) is 12.8. The van der Waals surface area contributed by atoms with Gasteiger partial charge in [-0.05, 0) is 30.9 Å². The second-order valence-electron chi connectivity index (χ2n) is 5.13. The van der Waals surface area contributed by atoms with E-state index in [1.54, 1.807) is 12.3 Å². The van der Waals surface area contributed by atoms with Gasteiger partial charge in [0.15, 0.2) is 5.71 Å². The molecule has 0 spiro atoms. The highest BCUT2D eigenvalue weighted by Gasteiger charge is 2.40. The Kier molecular flexibility index (Phi) is 6.02. The summed E-state index contributed by atoms with van der Waals surface area (Å²) in [6, 6.07) is 5.57. The molecule has 0 aliphatic heterocycles. The van der Waals surface area contributed by atoms with Crippen LogP contribution in [0.25, 0.3) is 11.0 Å². The van der Waals surface area contributed by atoms with Crippen LogP contribution >= 0.6 is 11.8 Å². The van der Waals surface area contributed by atoms with Crippen molar-refractivity contribution in [1.82, 2.24) is 0 Å². The van der Waals surface area contributed by atoms with Crippen molar-refractivity contribution in [1.29, 1.82) is 0 Å². The first-order valence-corrected chi connectivity index (χ1v) is 10.1. The van der Waals surface area contributed by atoms with Gasteiger partial charge in [0.2, 0.25) is 0 Å². The summed E-state index contributed by atoms with van der Waals surface area (Å²) in [6.07, 6.45) is -3.20. The van der Waals surface area contributed by atoms with E-state index in [2.05, 4.69) is 9.44 Å². The lowest BCUT2D eigenvalue weighted by atomic mass is 10.1. The topological polar surface area (TPSA) is 85.9 Å². The Hall–Kier alpha value is -2.01. The van der Waals surface area contributed by atoms with E-state index >= 15 is 0 Å². The Balaban J connectivity index is 2.59. The number of hydrogen-bond donors (Lipinski definition) is 0. The molecule has 0 N–H and O–H groups in total. The SMILES string of the molecule is CCCS(=O)(=O)O/N=C(\c1cc2ccc(SC)cc2oc1=O)C(F)(F)F. The van der Waals surface area contributed by atoms with E-state index in [9.17, 15) is 26.4 Å². The van der Waals surface area contributed by atoms with Crippen molar-refractivity contribution < 1.29 is 30.3 Å². The molecule has 0 aliphatic carbocycles. The van der Waals surface area contributed by atoms with Crippen LogP contribution in [0, 0.1) is 0 Å². The minimum atomic E-state index is -5.12. The first-order valence-electron chi connectivity index (χ1n) is 7.26. The summed E-state index contributed by atoms with van der Waals surface area (Å²) in [5.41, 5.74) is -3.91. The predicted octanol–water partition coefficient (Wildman–Crippen LogP) is 3.54.